The number of methoxy groups -OCH3 is 1. The maximum atomic E-state index is 15.1. The summed E-state index contributed by atoms with van der Waals surface area (Å²) in [5.74, 6) is -5.95. The molecule has 4 rings (SSSR count). The third-order valence-electron chi connectivity index (χ3n) is 5.73. The van der Waals surface area contributed by atoms with Crippen molar-refractivity contribution in [2.45, 2.75) is 30.9 Å². The number of fused-ring (bicyclic) bond motifs is 1. The number of aromatic nitrogens is 1. The molecule has 1 aliphatic rings. The zero-order valence-electron chi connectivity index (χ0n) is 17.9. The molecule has 1 fully saturated rings. The molecule has 3 heterocycles. The summed E-state index contributed by atoms with van der Waals surface area (Å²) in [6.07, 6.45) is 2.09. The second-order valence-electron chi connectivity index (χ2n) is 8.03. The number of benzene rings is 1. The Morgan fingerprint density at radius 2 is 2.06 bits per heavy atom. The molecular weight excluding hydrogens is 456 g/mol. The number of pyridine rings is 1. The molecule has 2 N–H and O–H groups in total. The van der Waals surface area contributed by atoms with E-state index in [0.717, 1.165) is 32.0 Å². The molecule has 1 aromatic carbocycles. The summed E-state index contributed by atoms with van der Waals surface area (Å²) in [4.78, 5) is 18.8. The van der Waals surface area contributed by atoms with E-state index in [1.165, 1.54) is 31.5 Å². The number of carbonyl (C=O) groups excluding carboxylic acids is 1. The molecule has 10 heteroatoms. The molecule has 7 nitrogen and oxygen atoms in total. The predicted molar refractivity (Wildman–Crippen MR) is 118 cm³/mol. The summed E-state index contributed by atoms with van der Waals surface area (Å²) in [6.45, 7) is 1.74. The maximum Gasteiger partial charge on any atom is 0.380 e. The van der Waals surface area contributed by atoms with Crippen LogP contribution in [0.15, 0.2) is 47.0 Å². The Morgan fingerprint density at radius 3 is 2.73 bits per heavy atom. The highest BCUT2D eigenvalue weighted by molar-refractivity contribution is 6.31. The summed E-state index contributed by atoms with van der Waals surface area (Å²) < 4.78 is 40.4. The summed E-state index contributed by atoms with van der Waals surface area (Å²) in [6, 6.07) is 7.71. The maximum absolute atomic E-state index is 15.1. The Hall–Kier alpha value is -2.75. The third kappa shape index (κ3) is 5.10. The van der Waals surface area contributed by atoms with Gasteiger partial charge in [-0.25, -0.2) is 4.98 Å². The van der Waals surface area contributed by atoms with Crippen LogP contribution in [0.25, 0.3) is 11.0 Å². The molecule has 2 atom stereocenters. The Kier molecular flexibility index (Phi) is 6.83. The average molecular weight is 480 g/mol. The van der Waals surface area contributed by atoms with Crippen LogP contribution in [-0.4, -0.2) is 53.7 Å². The number of hydrogen-bond acceptors (Lipinski definition) is 6. The van der Waals surface area contributed by atoms with Crippen molar-refractivity contribution in [2.24, 2.45) is 0 Å². The number of amides is 1. The van der Waals surface area contributed by atoms with Gasteiger partial charge in [-0.1, -0.05) is 11.6 Å². The van der Waals surface area contributed by atoms with Crippen LogP contribution in [0.2, 0.25) is 5.02 Å². The number of furan rings is 1. The zero-order chi connectivity index (χ0) is 23.6. The highest BCUT2D eigenvalue weighted by atomic mass is 35.5. The number of likely N-dealkylation sites (tertiary alicyclic amines) is 1. The van der Waals surface area contributed by atoms with Crippen molar-refractivity contribution < 1.29 is 27.8 Å². The van der Waals surface area contributed by atoms with Gasteiger partial charge in [-0.05, 0) is 56.3 Å². The van der Waals surface area contributed by atoms with E-state index in [0.29, 0.717) is 21.9 Å². The van der Waals surface area contributed by atoms with E-state index < -0.39 is 29.7 Å². The molecule has 2 unspecified atom stereocenters. The van der Waals surface area contributed by atoms with Crippen LogP contribution >= 0.6 is 11.6 Å². The molecule has 3 aromatic rings. The topological polar surface area (TPSA) is 87.8 Å². The minimum atomic E-state index is -3.95. The van der Waals surface area contributed by atoms with Gasteiger partial charge >= 0.3 is 5.92 Å². The van der Waals surface area contributed by atoms with Gasteiger partial charge in [0.2, 0.25) is 5.88 Å². The zero-order valence-corrected chi connectivity index (χ0v) is 18.7. The van der Waals surface area contributed by atoms with E-state index in [1.807, 2.05) is 4.90 Å². The quantitative estimate of drug-likeness (QED) is 0.509. The van der Waals surface area contributed by atoms with Gasteiger partial charge in [0, 0.05) is 34.8 Å². The van der Waals surface area contributed by atoms with E-state index in [-0.39, 0.29) is 12.1 Å². The van der Waals surface area contributed by atoms with E-state index in [4.69, 9.17) is 20.8 Å². The summed E-state index contributed by atoms with van der Waals surface area (Å²) >= 11 is 5.91. The number of ether oxygens (including phenoxy) is 1. The van der Waals surface area contributed by atoms with Gasteiger partial charge in [-0.2, -0.15) is 8.78 Å². The van der Waals surface area contributed by atoms with Crippen molar-refractivity contribution in [3.8, 4) is 5.88 Å². The molecule has 176 valence electrons. The minimum Gasteiger partial charge on any atom is -0.481 e. The normalized spacial score (nSPS) is 16.6. The van der Waals surface area contributed by atoms with Crippen molar-refractivity contribution in [2.75, 3.05) is 26.7 Å². The van der Waals surface area contributed by atoms with Gasteiger partial charge in [-0.15, -0.1) is 0 Å². The number of rotatable bonds is 8. The van der Waals surface area contributed by atoms with Crippen LogP contribution in [0.4, 0.5) is 8.78 Å². The predicted octanol–water partition coefficient (Wildman–Crippen LogP) is 3.90. The Bertz CT molecular complexity index is 1120. The molecule has 2 aromatic heterocycles. The minimum absolute atomic E-state index is 0.194. The standard InChI is InChI=1S/C23H24ClF2N3O4/c1-32-20-7-4-14(12-27-20)21(30)17(13-29-8-2-3-9-29)28-22(31)23(25,26)19-11-15-10-16(24)5-6-18(15)33-19/h4-7,10-12,17,21,30H,2-3,8-9,13H2,1H3,(H,28,31). The summed E-state index contributed by atoms with van der Waals surface area (Å²) in [7, 11) is 1.46. The van der Waals surface area contributed by atoms with Crippen LogP contribution < -0.4 is 10.1 Å². The molecule has 0 saturated carbocycles. The van der Waals surface area contributed by atoms with Gasteiger partial charge in [-0.3, -0.25) is 4.79 Å². The number of alkyl halides is 2. The van der Waals surface area contributed by atoms with Gasteiger partial charge in [0.05, 0.1) is 13.2 Å². The Morgan fingerprint density at radius 1 is 1.30 bits per heavy atom. The number of aliphatic hydroxyl groups is 1. The Labute approximate surface area is 194 Å². The lowest BCUT2D eigenvalue weighted by molar-refractivity contribution is -0.151. The van der Waals surface area contributed by atoms with E-state index in [9.17, 15) is 9.90 Å². The van der Waals surface area contributed by atoms with Crippen molar-refractivity contribution in [1.82, 2.24) is 15.2 Å². The second kappa shape index (κ2) is 9.62. The van der Waals surface area contributed by atoms with Crippen molar-refractivity contribution in [3.63, 3.8) is 0 Å². The molecule has 1 aliphatic heterocycles. The molecular formula is C23H24ClF2N3O4. The fourth-order valence-corrected chi connectivity index (χ4v) is 4.11. The number of halogens is 3. The summed E-state index contributed by atoms with van der Waals surface area (Å²) in [5, 5.41) is 14.0. The first-order valence-corrected chi connectivity index (χ1v) is 10.9. The lowest BCUT2D eigenvalue weighted by Crippen LogP contribution is -2.50. The van der Waals surface area contributed by atoms with Gasteiger partial charge in [0.1, 0.15) is 11.7 Å². The Balaban J connectivity index is 1.56. The highest BCUT2D eigenvalue weighted by Crippen LogP contribution is 2.34. The fraction of sp³-hybridized carbons (Fsp3) is 0.391. The number of nitrogens with zero attached hydrogens (tertiary/aromatic N) is 2. The third-order valence-corrected chi connectivity index (χ3v) is 5.97. The first-order chi connectivity index (χ1) is 15.8. The van der Waals surface area contributed by atoms with Crippen LogP contribution in [-0.2, 0) is 10.7 Å². The number of nitrogens with one attached hydrogen (secondary N) is 1. The van der Waals surface area contributed by atoms with Crippen LogP contribution in [0.1, 0.15) is 30.3 Å². The van der Waals surface area contributed by atoms with Gasteiger partial charge < -0.3 is 24.5 Å². The van der Waals surface area contributed by atoms with Crippen LogP contribution in [0, 0.1) is 0 Å². The first-order valence-electron chi connectivity index (χ1n) is 10.6. The number of carbonyl (C=O) groups is 1. The molecule has 1 saturated heterocycles. The lowest BCUT2D eigenvalue weighted by Gasteiger charge is -2.29. The SMILES string of the molecule is COc1ccc(C(O)C(CN2CCCC2)NC(=O)C(F)(F)c2cc3cc(Cl)ccc3o2)cn1. The first kappa shape index (κ1) is 23.4. The molecule has 1 amide bonds. The van der Waals surface area contributed by atoms with Crippen LogP contribution in [0.3, 0.4) is 0 Å². The van der Waals surface area contributed by atoms with Crippen LogP contribution in [0.5, 0.6) is 5.88 Å². The number of aliphatic hydroxyl groups excluding tert-OH is 1. The molecule has 0 radical (unpaired) electrons. The highest BCUT2D eigenvalue weighted by Gasteiger charge is 2.46. The smallest absolute Gasteiger partial charge is 0.380 e. The van der Waals surface area contributed by atoms with Gasteiger partial charge in [0.15, 0.2) is 5.76 Å². The van der Waals surface area contributed by atoms with Crippen molar-refractivity contribution in [3.05, 3.63) is 58.9 Å². The summed E-state index contributed by atoms with van der Waals surface area (Å²) in [5.41, 5.74) is 0.571. The molecule has 0 bridgehead atoms. The second-order valence-corrected chi connectivity index (χ2v) is 8.47. The number of hydrogen-bond donors (Lipinski definition) is 2. The van der Waals surface area contributed by atoms with E-state index in [1.54, 1.807) is 12.1 Å². The molecule has 33 heavy (non-hydrogen) atoms. The molecule has 0 aliphatic carbocycles. The largest absolute Gasteiger partial charge is 0.481 e. The van der Waals surface area contributed by atoms with E-state index in [2.05, 4.69) is 10.3 Å². The average Bonchev–Trinajstić information content (AvgIpc) is 3.48. The monoisotopic (exact) mass is 479 g/mol. The molecule has 0 spiro atoms. The lowest BCUT2D eigenvalue weighted by atomic mass is 10.0. The van der Waals surface area contributed by atoms with Crippen molar-refractivity contribution >= 4 is 28.5 Å². The fourth-order valence-electron chi connectivity index (χ4n) is 3.93. The van der Waals surface area contributed by atoms with Gasteiger partial charge in [0.25, 0.3) is 5.91 Å². The van der Waals surface area contributed by atoms with Crippen molar-refractivity contribution in [1.29, 1.82) is 0 Å². The van der Waals surface area contributed by atoms with E-state index >= 15 is 8.78 Å².